The molecule has 1 atom stereocenters. The molecule has 0 bridgehead atoms. The minimum atomic E-state index is -0.904. The molecule has 0 saturated carbocycles. The SMILES string of the molecule is CC(OC(=O)c1cccc(C#N)c1)C(=O)NCCc1ccccc1. The average Bonchev–Trinajstić information content (AvgIpc) is 2.62. The fourth-order valence-corrected chi connectivity index (χ4v) is 2.12. The van der Waals surface area contributed by atoms with E-state index in [2.05, 4.69) is 5.32 Å². The Morgan fingerprint density at radius 3 is 2.62 bits per heavy atom. The molecule has 2 aromatic carbocycles. The van der Waals surface area contributed by atoms with Gasteiger partial charge in [0.15, 0.2) is 6.10 Å². The van der Waals surface area contributed by atoms with E-state index in [0.29, 0.717) is 18.5 Å². The van der Waals surface area contributed by atoms with Gasteiger partial charge in [-0.25, -0.2) is 4.79 Å². The van der Waals surface area contributed by atoms with Crippen LogP contribution in [-0.2, 0) is 16.0 Å². The number of nitriles is 1. The van der Waals surface area contributed by atoms with Gasteiger partial charge in [0.25, 0.3) is 5.91 Å². The number of esters is 1. The number of carbonyl (C=O) groups excluding carboxylic acids is 2. The van der Waals surface area contributed by atoms with Crippen LogP contribution in [0.25, 0.3) is 0 Å². The Balaban J connectivity index is 1.82. The largest absolute Gasteiger partial charge is 0.449 e. The van der Waals surface area contributed by atoms with Crippen LogP contribution in [0.15, 0.2) is 54.6 Å². The zero-order chi connectivity index (χ0) is 17.4. The number of hydrogen-bond acceptors (Lipinski definition) is 4. The molecule has 0 aromatic heterocycles. The van der Waals surface area contributed by atoms with Gasteiger partial charge in [0.05, 0.1) is 17.2 Å². The Hall–Kier alpha value is -3.13. The van der Waals surface area contributed by atoms with Crippen LogP contribution in [0.4, 0.5) is 0 Å². The molecule has 122 valence electrons. The smallest absolute Gasteiger partial charge is 0.338 e. The summed E-state index contributed by atoms with van der Waals surface area (Å²) in [6, 6.07) is 17.9. The molecular formula is C19H18N2O3. The third kappa shape index (κ3) is 4.96. The first-order valence-electron chi connectivity index (χ1n) is 7.63. The second-order valence-corrected chi connectivity index (χ2v) is 5.27. The van der Waals surface area contributed by atoms with Gasteiger partial charge in [-0.3, -0.25) is 4.79 Å². The maximum absolute atomic E-state index is 12.0. The van der Waals surface area contributed by atoms with Gasteiger partial charge in [-0.05, 0) is 37.1 Å². The van der Waals surface area contributed by atoms with Crippen molar-refractivity contribution in [3.63, 3.8) is 0 Å². The molecule has 24 heavy (non-hydrogen) atoms. The number of nitrogens with zero attached hydrogens (tertiary/aromatic N) is 1. The first-order chi connectivity index (χ1) is 11.6. The zero-order valence-electron chi connectivity index (χ0n) is 13.4. The molecule has 0 heterocycles. The molecule has 0 radical (unpaired) electrons. The summed E-state index contributed by atoms with van der Waals surface area (Å²) in [4.78, 5) is 24.0. The molecule has 5 heteroatoms. The molecule has 2 rings (SSSR count). The molecule has 1 unspecified atom stereocenters. The van der Waals surface area contributed by atoms with E-state index in [1.54, 1.807) is 18.2 Å². The Bertz CT molecular complexity index is 751. The normalized spacial score (nSPS) is 11.2. The van der Waals surface area contributed by atoms with E-state index in [1.165, 1.54) is 13.0 Å². The maximum atomic E-state index is 12.0. The van der Waals surface area contributed by atoms with Gasteiger partial charge in [0, 0.05) is 6.54 Å². The first kappa shape index (κ1) is 17.2. The molecule has 0 aliphatic rings. The summed E-state index contributed by atoms with van der Waals surface area (Å²) in [5.74, 6) is -0.978. The zero-order valence-corrected chi connectivity index (χ0v) is 13.4. The number of ether oxygens (including phenoxy) is 1. The quantitative estimate of drug-likeness (QED) is 0.829. The highest BCUT2D eigenvalue weighted by molar-refractivity contribution is 5.92. The lowest BCUT2D eigenvalue weighted by Crippen LogP contribution is -2.36. The van der Waals surface area contributed by atoms with E-state index in [-0.39, 0.29) is 11.5 Å². The molecule has 1 N–H and O–H groups in total. The Morgan fingerprint density at radius 1 is 1.17 bits per heavy atom. The Morgan fingerprint density at radius 2 is 1.92 bits per heavy atom. The lowest BCUT2D eigenvalue weighted by atomic mass is 10.1. The summed E-state index contributed by atoms with van der Waals surface area (Å²) in [6.45, 7) is 1.98. The van der Waals surface area contributed by atoms with Crippen LogP contribution in [0.1, 0.15) is 28.4 Å². The van der Waals surface area contributed by atoms with E-state index in [1.807, 2.05) is 36.4 Å². The summed E-state index contributed by atoms with van der Waals surface area (Å²) in [5.41, 5.74) is 1.73. The summed E-state index contributed by atoms with van der Waals surface area (Å²) >= 11 is 0. The van der Waals surface area contributed by atoms with Crippen molar-refractivity contribution < 1.29 is 14.3 Å². The lowest BCUT2D eigenvalue weighted by Gasteiger charge is -2.13. The molecule has 0 aliphatic carbocycles. The van der Waals surface area contributed by atoms with Gasteiger partial charge in [-0.15, -0.1) is 0 Å². The molecule has 0 spiro atoms. The average molecular weight is 322 g/mol. The lowest BCUT2D eigenvalue weighted by molar-refractivity contribution is -0.129. The van der Waals surface area contributed by atoms with E-state index >= 15 is 0 Å². The van der Waals surface area contributed by atoms with Crippen LogP contribution in [0.3, 0.4) is 0 Å². The van der Waals surface area contributed by atoms with Crippen molar-refractivity contribution >= 4 is 11.9 Å². The van der Waals surface area contributed by atoms with Crippen molar-refractivity contribution in [2.75, 3.05) is 6.54 Å². The second kappa shape index (κ2) is 8.49. The van der Waals surface area contributed by atoms with E-state index in [4.69, 9.17) is 10.00 Å². The second-order valence-electron chi connectivity index (χ2n) is 5.27. The first-order valence-corrected chi connectivity index (χ1v) is 7.63. The van der Waals surface area contributed by atoms with Crippen molar-refractivity contribution in [3.05, 3.63) is 71.3 Å². The fourth-order valence-electron chi connectivity index (χ4n) is 2.12. The van der Waals surface area contributed by atoms with Crippen LogP contribution >= 0.6 is 0 Å². The summed E-state index contributed by atoms with van der Waals surface area (Å²) in [7, 11) is 0. The van der Waals surface area contributed by atoms with Gasteiger partial charge in [0.1, 0.15) is 0 Å². The molecule has 2 aromatic rings. The minimum Gasteiger partial charge on any atom is -0.449 e. The van der Waals surface area contributed by atoms with Gasteiger partial charge < -0.3 is 10.1 Å². The van der Waals surface area contributed by atoms with Gasteiger partial charge in [0.2, 0.25) is 0 Å². The number of benzene rings is 2. The van der Waals surface area contributed by atoms with Crippen LogP contribution in [0.5, 0.6) is 0 Å². The molecular weight excluding hydrogens is 304 g/mol. The molecule has 0 aliphatic heterocycles. The number of amides is 1. The third-order valence-corrected chi connectivity index (χ3v) is 3.44. The minimum absolute atomic E-state index is 0.248. The summed E-state index contributed by atoms with van der Waals surface area (Å²) < 4.78 is 5.14. The highest BCUT2D eigenvalue weighted by Crippen LogP contribution is 2.07. The molecule has 0 saturated heterocycles. The van der Waals surface area contributed by atoms with Crippen LogP contribution in [-0.4, -0.2) is 24.5 Å². The van der Waals surface area contributed by atoms with Gasteiger partial charge in [-0.2, -0.15) is 5.26 Å². The topological polar surface area (TPSA) is 79.2 Å². The predicted octanol–water partition coefficient (Wildman–Crippen LogP) is 2.46. The fraction of sp³-hybridized carbons (Fsp3) is 0.211. The number of carbonyl (C=O) groups is 2. The predicted molar refractivity (Wildman–Crippen MR) is 89.2 cm³/mol. The standard InChI is InChI=1S/C19H18N2O3/c1-14(18(22)21-11-10-15-6-3-2-4-7-15)24-19(23)17-9-5-8-16(12-17)13-20/h2-9,12,14H,10-11H2,1H3,(H,21,22). The molecule has 1 amide bonds. The molecule has 0 fully saturated rings. The highest BCUT2D eigenvalue weighted by atomic mass is 16.5. The monoisotopic (exact) mass is 322 g/mol. The van der Waals surface area contributed by atoms with Gasteiger partial charge >= 0.3 is 5.97 Å². The summed E-state index contributed by atoms with van der Waals surface area (Å²) in [6.07, 6.45) is -0.198. The summed E-state index contributed by atoms with van der Waals surface area (Å²) in [5, 5.41) is 11.6. The Kier molecular flexibility index (Phi) is 6.09. The van der Waals surface area contributed by atoms with Crippen molar-refractivity contribution in [2.45, 2.75) is 19.4 Å². The van der Waals surface area contributed by atoms with Crippen LogP contribution in [0.2, 0.25) is 0 Å². The Labute approximate surface area is 140 Å². The number of rotatable bonds is 6. The third-order valence-electron chi connectivity index (χ3n) is 3.44. The highest BCUT2D eigenvalue weighted by Gasteiger charge is 2.18. The number of hydrogen-bond donors (Lipinski definition) is 1. The van der Waals surface area contributed by atoms with Crippen molar-refractivity contribution in [3.8, 4) is 6.07 Å². The van der Waals surface area contributed by atoms with E-state index in [0.717, 1.165) is 5.56 Å². The van der Waals surface area contributed by atoms with E-state index < -0.39 is 12.1 Å². The van der Waals surface area contributed by atoms with Crippen LogP contribution in [0, 0.1) is 11.3 Å². The molecule has 5 nitrogen and oxygen atoms in total. The van der Waals surface area contributed by atoms with Crippen molar-refractivity contribution in [2.24, 2.45) is 0 Å². The van der Waals surface area contributed by atoms with Crippen LogP contribution < -0.4 is 5.32 Å². The van der Waals surface area contributed by atoms with Crippen molar-refractivity contribution in [1.29, 1.82) is 5.26 Å². The number of nitrogens with one attached hydrogen (secondary N) is 1. The van der Waals surface area contributed by atoms with Gasteiger partial charge in [-0.1, -0.05) is 36.4 Å². The van der Waals surface area contributed by atoms with E-state index in [9.17, 15) is 9.59 Å². The van der Waals surface area contributed by atoms with Crippen molar-refractivity contribution in [1.82, 2.24) is 5.32 Å². The maximum Gasteiger partial charge on any atom is 0.338 e.